The maximum absolute atomic E-state index is 14.0. The SMILES string of the molecule is COc1ccc(NC(=O)c2c(C)nc3c(OCc4c(F)cccc4F)cc(C)cn23)cc1C#N. The molecule has 4 aromatic rings. The second-order valence-electron chi connectivity index (χ2n) is 7.59. The highest BCUT2D eigenvalue weighted by Crippen LogP contribution is 2.27. The molecule has 2 aromatic carbocycles. The maximum atomic E-state index is 14.0. The van der Waals surface area contributed by atoms with E-state index in [-0.39, 0.29) is 29.2 Å². The van der Waals surface area contributed by atoms with Gasteiger partial charge in [-0.15, -0.1) is 0 Å². The number of hydrogen-bond donors (Lipinski definition) is 1. The Hall–Kier alpha value is -4.45. The maximum Gasteiger partial charge on any atom is 0.274 e. The van der Waals surface area contributed by atoms with Crippen LogP contribution < -0.4 is 14.8 Å². The minimum Gasteiger partial charge on any atom is -0.495 e. The first-order valence-corrected chi connectivity index (χ1v) is 10.3. The third-order valence-corrected chi connectivity index (χ3v) is 5.22. The third-order valence-electron chi connectivity index (χ3n) is 5.22. The summed E-state index contributed by atoms with van der Waals surface area (Å²) in [6.07, 6.45) is 1.72. The lowest BCUT2D eigenvalue weighted by Gasteiger charge is -2.11. The molecule has 1 amide bonds. The number of imidazole rings is 1. The number of aryl methyl sites for hydroxylation is 2. The number of nitrogens with one attached hydrogen (secondary N) is 1. The highest BCUT2D eigenvalue weighted by molar-refractivity contribution is 6.04. The molecule has 7 nitrogen and oxygen atoms in total. The number of amides is 1. The van der Waals surface area contributed by atoms with Crippen LogP contribution in [0.25, 0.3) is 5.65 Å². The second-order valence-corrected chi connectivity index (χ2v) is 7.59. The van der Waals surface area contributed by atoms with Gasteiger partial charge in [0.25, 0.3) is 5.91 Å². The zero-order chi connectivity index (χ0) is 24.4. The number of nitriles is 1. The second kappa shape index (κ2) is 9.19. The number of anilines is 1. The van der Waals surface area contributed by atoms with E-state index in [1.807, 2.05) is 6.07 Å². The molecule has 0 spiro atoms. The van der Waals surface area contributed by atoms with Crippen LogP contribution in [0.15, 0.2) is 48.7 Å². The number of aromatic nitrogens is 2. The van der Waals surface area contributed by atoms with Crippen molar-refractivity contribution in [3.63, 3.8) is 0 Å². The van der Waals surface area contributed by atoms with Gasteiger partial charge in [-0.25, -0.2) is 13.8 Å². The van der Waals surface area contributed by atoms with Crippen LogP contribution in [0.2, 0.25) is 0 Å². The Bertz CT molecular complexity index is 1440. The molecule has 0 fully saturated rings. The Labute approximate surface area is 194 Å². The number of pyridine rings is 1. The Kier molecular flexibility index (Phi) is 6.15. The van der Waals surface area contributed by atoms with Crippen molar-refractivity contribution in [1.29, 1.82) is 5.26 Å². The van der Waals surface area contributed by atoms with Crippen molar-refractivity contribution in [3.8, 4) is 17.6 Å². The van der Waals surface area contributed by atoms with Gasteiger partial charge in [-0.2, -0.15) is 5.26 Å². The number of rotatable bonds is 6. The average molecular weight is 462 g/mol. The smallest absolute Gasteiger partial charge is 0.274 e. The van der Waals surface area contributed by atoms with E-state index < -0.39 is 17.5 Å². The molecule has 2 aromatic heterocycles. The quantitative estimate of drug-likeness (QED) is 0.438. The number of carbonyl (C=O) groups is 1. The standard InChI is InChI=1S/C25H20F2N4O3/c1-14-9-22(34-13-18-19(26)5-4-6-20(18)27)24-29-15(2)23(31(24)12-14)25(32)30-17-7-8-21(33-3)16(10-17)11-28/h4-10,12H,13H2,1-3H3,(H,30,32). The summed E-state index contributed by atoms with van der Waals surface area (Å²) in [7, 11) is 1.46. The highest BCUT2D eigenvalue weighted by atomic mass is 19.1. The minimum absolute atomic E-state index is 0.198. The van der Waals surface area contributed by atoms with E-state index in [9.17, 15) is 18.8 Å². The van der Waals surface area contributed by atoms with Crippen LogP contribution in [0.4, 0.5) is 14.5 Å². The molecule has 172 valence electrons. The number of methoxy groups -OCH3 is 1. The Balaban J connectivity index is 1.67. The van der Waals surface area contributed by atoms with Crippen molar-refractivity contribution >= 4 is 17.2 Å². The summed E-state index contributed by atoms with van der Waals surface area (Å²) in [6, 6.07) is 12.0. The van der Waals surface area contributed by atoms with Gasteiger partial charge in [0.1, 0.15) is 35.8 Å². The zero-order valence-electron chi connectivity index (χ0n) is 18.6. The minimum atomic E-state index is -0.709. The van der Waals surface area contributed by atoms with E-state index in [1.54, 1.807) is 42.6 Å². The van der Waals surface area contributed by atoms with Gasteiger partial charge in [-0.1, -0.05) is 6.07 Å². The first-order valence-electron chi connectivity index (χ1n) is 10.3. The van der Waals surface area contributed by atoms with Crippen molar-refractivity contribution in [1.82, 2.24) is 9.38 Å². The molecule has 0 aliphatic heterocycles. The lowest BCUT2D eigenvalue weighted by atomic mass is 10.2. The molecule has 4 rings (SSSR count). The molecule has 34 heavy (non-hydrogen) atoms. The molecule has 1 N–H and O–H groups in total. The summed E-state index contributed by atoms with van der Waals surface area (Å²) in [5.74, 6) is -1.19. The van der Waals surface area contributed by atoms with Crippen LogP contribution >= 0.6 is 0 Å². The molecule has 0 aliphatic rings. The molecule has 2 heterocycles. The number of carbonyl (C=O) groups excluding carboxylic acids is 1. The lowest BCUT2D eigenvalue weighted by Crippen LogP contribution is -2.16. The lowest BCUT2D eigenvalue weighted by molar-refractivity contribution is 0.102. The molecule has 0 atom stereocenters. The van der Waals surface area contributed by atoms with Gasteiger partial charge in [0, 0.05) is 11.9 Å². The summed E-state index contributed by atoms with van der Waals surface area (Å²) in [5, 5.41) is 12.1. The highest BCUT2D eigenvalue weighted by Gasteiger charge is 2.21. The number of fused-ring (bicyclic) bond motifs is 1. The molecule has 0 aliphatic carbocycles. The van der Waals surface area contributed by atoms with Gasteiger partial charge in [0.2, 0.25) is 0 Å². The third kappa shape index (κ3) is 4.26. The molecule has 0 radical (unpaired) electrons. The molecule has 0 bridgehead atoms. The van der Waals surface area contributed by atoms with E-state index in [1.165, 1.54) is 19.2 Å². The van der Waals surface area contributed by atoms with Crippen molar-refractivity contribution in [2.24, 2.45) is 0 Å². The number of benzene rings is 2. The first-order chi connectivity index (χ1) is 16.3. The van der Waals surface area contributed by atoms with Gasteiger partial charge in [0.15, 0.2) is 11.4 Å². The largest absolute Gasteiger partial charge is 0.495 e. The van der Waals surface area contributed by atoms with Crippen LogP contribution in [0.1, 0.15) is 32.9 Å². The van der Waals surface area contributed by atoms with Crippen LogP contribution in [-0.4, -0.2) is 22.4 Å². The Morgan fingerprint density at radius 2 is 1.88 bits per heavy atom. The fourth-order valence-corrected chi connectivity index (χ4v) is 3.62. The first kappa shape index (κ1) is 22.7. The van der Waals surface area contributed by atoms with Crippen molar-refractivity contribution < 1.29 is 23.0 Å². The van der Waals surface area contributed by atoms with Gasteiger partial charge in [0.05, 0.1) is 23.9 Å². The van der Waals surface area contributed by atoms with Gasteiger partial charge in [-0.05, 0) is 55.8 Å². The zero-order valence-corrected chi connectivity index (χ0v) is 18.6. The molecule has 9 heteroatoms. The Morgan fingerprint density at radius 1 is 1.15 bits per heavy atom. The molecule has 0 unspecified atom stereocenters. The van der Waals surface area contributed by atoms with Crippen molar-refractivity contribution in [2.75, 3.05) is 12.4 Å². The summed E-state index contributed by atoms with van der Waals surface area (Å²) < 4.78 is 40.4. The predicted octanol–water partition coefficient (Wildman–Crippen LogP) is 4.94. The molecule has 0 saturated carbocycles. The molecular formula is C25H20F2N4O3. The summed E-state index contributed by atoms with van der Waals surface area (Å²) in [4.78, 5) is 17.6. The number of hydrogen-bond acceptors (Lipinski definition) is 5. The van der Waals surface area contributed by atoms with Crippen LogP contribution in [0.3, 0.4) is 0 Å². The van der Waals surface area contributed by atoms with Crippen LogP contribution in [0.5, 0.6) is 11.5 Å². The van der Waals surface area contributed by atoms with Gasteiger partial charge < -0.3 is 14.8 Å². The Morgan fingerprint density at radius 3 is 2.56 bits per heavy atom. The fraction of sp³-hybridized carbons (Fsp3) is 0.160. The van der Waals surface area contributed by atoms with E-state index in [0.29, 0.717) is 22.8 Å². The van der Waals surface area contributed by atoms with E-state index >= 15 is 0 Å². The summed E-state index contributed by atoms with van der Waals surface area (Å²) >= 11 is 0. The van der Waals surface area contributed by atoms with Crippen molar-refractivity contribution in [3.05, 3.63) is 88.4 Å². The van der Waals surface area contributed by atoms with Crippen LogP contribution in [0, 0.1) is 36.8 Å². The normalized spacial score (nSPS) is 10.7. The predicted molar refractivity (Wildman–Crippen MR) is 121 cm³/mol. The van der Waals surface area contributed by atoms with Crippen LogP contribution in [-0.2, 0) is 6.61 Å². The van der Waals surface area contributed by atoms with Crippen molar-refractivity contribution in [2.45, 2.75) is 20.5 Å². The molecular weight excluding hydrogens is 442 g/mol. The number of nitrogens with zero attached hydrogens (tertiary/aromatic N) is 3. The topological polar surface area (TPSA) is 88.7 Å². The van der Waals surface area contributed by atoms with Gasteiger partial charge in [-0.3, -0.25) is 9.20 Å². The van der Waals surface area contributed by atoms with Gasteiger partial charge >= 0.3 is 0 Å². The van der Waals surface area contributed by atoms with E-state index in [4.69, 9.17) is 9.47 Å². The summed E-state index contributed by atoms with van der Waals surface area (Å²) in [6.45, 7) is 3.13. The van der Waals surface area contributed by atoms with E-state index in [2.05, 4.69) is 10.3 Å². The average Bonchev–Trinajstić information content (AvgIpc) is 3.14. The number of ether oxygens (including phenoxy) is 2. The fourth-order valence-electron chi connectivity index (χ4n) is 3.62. The monoisotopic (exact) mass is 462 g/mol. The van der Waals surface area contributed by atoms with E-state index in [0.717, 1.165) is 17.7 Å². The molecule has 0 saturated heterocycles. The summed E-state index contributed by atoms with van der Waals surface area (Å²) in [5.41, 5.74) is 2.26. The number of halogens is 2.